The predicted molar refractivity (Wildman–Crippen MR) is 318 cm³/mol. The lowest BCUT2D eigenvalue weighted by Crippen LogP contribution is -2.50. The first-order valence-electron chi connectivity index (χ1n) is 30.8. The van der Waals surface area contributed by atoms with Gasteiger partial charge in [0.2, 0.25) is 12.2 Å². The van der Waals surface area contributed by atoms with Gasteiger partial charge in [0.25, 0.3) is 11.8 Å². The molecule has 4 atom stereocenters. The molecule has 4 heterocycles. The van der Waals surface area contributed by atoms with Gasteiger partial charge in [-0.3, -0.25) is 9.59 Å². The van der Waals surface area contributed by atoms with Gasteiger partial charge in [0.05, 0.1) is 25.3 Å². The Morgan fingerprint density at radius 3 is 1.20 bits per heavy atom. The molecule has 2 unspecified atom stereocenters. The quantitative estimate of drug-likeness (QED) is 0.0298. The number of cyclic esters (lactones) is 2. The number of piperidine rings is 2. The molecule has 4 aromatic rings. The largest absolute Gasteiger partial charge is 0.494 e. The van der Waals surface area contributed by atoms with E-state index < -0.39 is 47.6 Å². The second-order valence-electron chi connectivity index (χ2n) is 23.6. The number of carbonyl (C=O) groups excluding carboxylic acids is 6. The molecule has 466 valence electrons. The topological polar surface area (TPSA) is 177 Å². The van der Waals surface area contributed by atoms with Gasteiger partial charge in [-0.15, -0.1) is 0 Å². The molecule has 4 aromatic carbocycles. The van der Waals surface area contributed by atoms with Crippen molar-refractivity contribution < 1.29 is 66.0 Å². The molecule has 8 rings (SSSR count). The van der Waals surface area contributed by atoms with E-state index in [4.69, 9.17) is 28.4 Å². The van der Waals surface area contributed by atoms with E-state index in [2.05, 4.69) is 37.5 Å². The summed E-state index contributed by atoms with van der Waals surface area (Å²) in [6.45, 7) is 18.9. The van der Waals surface area contributed by atoms with Crippen molar-refractivity contribution >= 4 is 35.9 Å². The number of hydrogen-bond donors (Lipinski definition) is 0. The number of esters is 2. The number of nitrogens with zero attached hydrogens (tertiary/aromatic N) is 6. The molecule has 0 bridgehead atoms. The SMILES string of the molecule is CCCOc1ccc(C(OC(=O)C(=O)OC(C(=O)N(Cc2ccc(F)cc2)C2CCN(CCCN3C(=O)OC[C@@H]3C(C)C)CC2)c2ccc(OCCC)cc2)C(=O)N(Cc2ccc(F)cc2)C2CCN(CCCN3C(=O)OC[C@@H]3C(C)C)CC2)cc1. The van der Waals surface area contributed by atoms with Crippen molar-refractivity contribution in [3.63, 3.8) is 0 Å². The Morgan fingerprint density at radius 1 is 0.523 bits per heavy atom. The fourth-order valence-corrected chi connectivity index (χ4v) is 11.8. The summed E-state index contributed by atoms with van der Waals surface area (Å²) in [4.78, 5) is 96.7. The van der Waals surface area contributed by atoms with Crippen LogP contribution in [0, 0.1) is 23.5 Å². The summed E-state index contributed by atoms with van der Waals surface area (Å²) in [5.74, 6) is -3.67. The zero-order chi connectivity index (χ0) is 61.3. The fraction of sp³-hybridized carbons (Fsp3) is 0.545. The van der Waals surface area contributed by atoms with Gasteiger partial charge in [-0.05, 0) is 136 Å². The van der Waals surface area contributed by atoms with Crippen LogP contribution in [0.1, 0.15) is 127 Å². The lowest BCUT2D eigenvalue weighted by Gasteiger charge is -2.40. The van der Waals surface area contributed by atoms with Gasteiger partial charge in [0, 0.05) is 75.6 Å². The minimum Gasteiger partial charge on any atom is -0.494 e. The summed E-state index contributed by atoms with van der Waals surface area (Å²) in [7, 11) is 0. The van der Waals surface area contributed by atoms with E-state index in [0.717, 1.165) is 25.7 Å². The normalized spacial score (nSPS) is 18.6. The molecule has 0 N–H and O–H groups in total. The molecule has 18 nitrogen and oxygen atoms in total. The standard InChI is InChI=1S/C66H86F2N6O12/c1-7-39-81-55-23-15-49(16-24-55)59(61(75)73(41-47-11-19-51(67)20-12-47)53-27-35-69(36-28-53)31-9-33-71-57(45(3)4)43-83-65(71)79)85-63(77)64(78)86-60(50-17-25-56(26-18-50)82-40-8-2)62(76)74(42-48-13-21-52(68)22-14-48)54-29-37-70(38-30-54)32-10-34-72-58(46(5)6)44-84-66(72)80/h11-26,45-46,53-54,57-60H,7-10,27-44H2,1-6H3/t57-,58-,59?,60?/m1/s1. The van der Waals surface area contributed by atoms with E-state index in [1.54, 1.807) is 92.4 Å². The van der Waals surface area contributed by atoms with Crippen LogP contribution in [0.2, 0.25) is 0 Å². The maximum absolute atomic E-state index is 15.5. The Labute approximate surface area is 504 Å². The number of hydrogen-bond acceptors (Lipinski definition) is 14. The van der Waals surface area contributed by atoms with Crippen molar-refractivity contribution in [2.75, 3.05) is 78.8 Å². The van der Waals surface area contributed by atoms with Gasteiger partial charge in [-0.1, -0.05) is 90.1 Å². The molecule has 0 aromatic heterocycles. The monoisotopic (exact) mass is 1190 g/mol. The minimum absolute atomic E-state index is 0.0191. The van der Waals surface area contributed by atoms with Crippen molar-refractivity contribution in [1.82, 2.24) is 29.4 Å². The molecular weight excluding hydrogens is 1110 g/mol. The van der Waals surface area contributed by atoms with Gasteiger partial charge >= 0.3 is 24.1 Å². The maximum atomic E-state index is 15.5. The van der Waals surface area contributed by atoms with E-state index in [9.17, 15) is 28.0 Å². The van der Waals surface area contributed by atoms with Crippen LogP contribution < -0.4 is 9.47 Å². The third-order valence-corrected chi connectivity index (χ3v) is 16.8. The van der Waals surface area contributed by atoms with Gasteiger partial charge in [-0.2, -0.15) is 0 Å². The Kier molecular flexibility index (Phi) is 23.6. The van der Waals surface area contributed by atoms with E-state index in [1.165, 1.54) is 24.3 Å². The number of amides is 4. The minimum atomic E-state index is -1.69. The molecule has 4 aliphatic heterocycles. The number of rotatable bonds is 28. The lowest BCUT2D eigenvalue weighted by atomic mass is 9.99. The van der Waals surface area contributed by atoms with Crippen LogP contribution >= 0.6 is 0 Å². The molecule has 4 amide bonds. The molecule has 4 aliphatic rings. The van der Waals surface area contributed by atoms with Crippen molar-refractivity contribution in [1.29, 1.82) is 0 Å². The zero-order valence-electron chi connectivity index (χ0n) is 50.8. The second-order valence-corrected chi connectivity index (χ2v) is 23.6. The van der Waals surface area contributed by atoms with Crippen molar-refractivity contribution in [3.05, 3.63) is 131 Å². The predicted octanol–water partition coefficient (Wildman–Crippen LogP) is 10.1. The van der Waals surface area contributed by atoms with E-state index in [-0.39, 0.29) is 72.4 Å². The van der Waals surface area contributed by atoms with Crippen LogP contribution in [0.3, 0.4) is 0 Å². The number of halogens is 2. The second kappa shape index (κ2) is 31.4. The van der Waals surface area contributed by atoms with Crippen molar-refractivity contribution in [2.45, 2.75) is 142 Å². The summed E-state index contributed by atoms with van der Waals surface area (Å²) in [5, 5.41) is 0. The molecule has 0 spiro atoms. The number of carbonyl (C=O) groups is 6. The first-order chi connectivity index (χ1) is 41.5. The fourth-order valence-electron chi connectivity index (χ4n) is 11.8. The average Bonchev–Trinajstić information content (AvgIpc) is 2.88. The molecule has 20 heteroatoms. The smallest absolute Gasteiger partial charge is 0.418 e. The first kappa shape index (κ1) is 64.7. The number of benzene rings is 4. The highest BCUT2D eigenvalue weighted by Gasteiger charge is 2.41. The summed E-state index contributed by atoms with van der Waals surface area (Å²) >= 11 is 0. The highest BCUT2D eigenvalue weighted by molar-refractivity contribution is 6.30. The molecule has 0 aliphatic carbocycles. The number of ether oxygens (including phenoxy) is 6. The van der Waals surface area contributed by atoms with Gasteiger partial charge < -0.3 is 57.8 Å². The van der Waals surface area contributed by atoms with Crippen LogP contribution in [0.5, 0.6) is 11.5 Å². The van der Waals surface area contributed by atoms with Crippen LogP contribution in [0.15, 0.2) is 97.1 Å². The summed E-state index contributed by atoms with van der Waals surface area (Å²) in [6.07, 6.45) is 1.12. The van der Waals surface area contributed by atoms with E-state index >= 15 is 9.59 Å². The van der Waals surface area contributed by atoms with Gasteiger partial charge in [-0.25, -0.2) is 28.0 Å². The lowest BCUT2D eigenvalue weighted by molar-refractivity contribution is -0.181. The van der Waals surface area contributed by atoms with Crippen molar-refractivity contribution in [2.24, 2.45) is 11.8 Å². The zero-order valence-corrected chi connectivity index (χ0v) is 50.8. The first-order valence-corrected chi connectivity index (χ1v) is 30.8. The van der Waals surface area contributed by atoms with Gasteiger partial charge in [0.15, 0.2) is 0 Å². The highest BCUT2D eigenvalue weighted by Crippen LogP contribution is 2.33. The summed E-state index contributed by atoms with van der Waals surface area (Å²) < 4.78 is 63.3. The Hall–Kier alpha value is -7.32. The van der Waals surface area contributed by atoms with E-state index in [0.29, 0.717) is 127 Å². The Balaban J connectivity index is 1.03. The average molecular weight is 1190 g/mol. The maximum Gasteiger partial charge on any atom is 0.418 e. The number of likely N-dealkylation sites (tertiary alicyclic amines) is 2. The van der Waals surface area contributed by atoms with Crippen molar-refractivity contribution in [3.8, 4) is 11.5 Å². The summed E-state index contributed by atoms with van der Waals surface area (Å²) in [5.41, 5.74) is 1.74. The van der Waals surface area contributed by atoms with E-state index in [1.807, 2.05) is 13.8 Å². The molecule has 0 saturated carbocycles. The van der Waals surface area contributed by atoms with Gasteiger partial charge in [0.1, 0.15) is 36.3 Å². The third kappa shape index (κ3) is 17.4. The molecule has 4 saturated heterocycles. The Bertz CT molecular complexity index is 2650. The molecular formula is C66H86F2N6O12. The third-order valence-electron chi connectivity index (χ3n) is 16.8. The van der Waals surface area contributed by atoms with Crippen LogP contribution in [0.4, 0.5) is 18.4 Å². The van der Waals surface area contributed by atoms with Crippen LogP contribution in [0.25, 0.3) is 0 Å². The van der Waals surface area contributed by atoms with Crippen LogP contribution in [-0.4, -0.2) is 168 Å². The van der Waals surface area contributed by atoms with Crippen LogP contribution in [-0.2, 0) is 51.2 Å². The Morgan fingerprint density at radius 2 is 0.872 bits per heavy atom. The highest BCUT2D eigenvalue weighted by atomic mass is 19.1. The summed E-state index contributed by atoms with van der Waals surface area (Å²) in [6, 6.07) is 24.0. The molecule has 0 radical (unpaired) electrons. The molecule has 4 fully saturated rings. The molecule has 86 heavy (non-hydrogen) atoms.